The zero-order valence-corrected chi connectivity index (χ0v) is 28.4. The van der Waals surface area contributed by atoms with Crippen LogP contribution in [-0.4, -0.2) is 10.2 Å². The van der Waals surface area contributed by atoms with Crippen molar-refractivity contribution in [3.05, 3.63) is 239 Å². The molecule has 0 atom stereocenters. The quantitative estimate of drug-likeness (QED) is 0.192. The van der Waals surface area contributed by atoms with Crippen molar-refractivity contribution >= 4 is 0 Å². The summed E-state index contributed by atoms with van der Waals surface area (Å²) in [5, 5.41) is 20.5. The standard InChI is InChI=1S/C50H34O2/c51-39-29-25-37(26-30-39)49(45-13-5-1-9-41(45)42-10-2-6-14-46(42)49)35-21-17-33(18-22-35)34-19-23-36(24-20-34)50(38-27-31-40(52)32-28-38)47-15-7-3-11-43(47)44-12-4-8-16-48(44)50/h1-32,51-52H. The smallest absolute Gasteiger partial charge is 0.115 e. The van der Waals surface area contributed by atoms with Crippen LogP contribution in [0.25, 0.3) is 33.4 Å². The van der Waals surface area contributed by atoms with Gasteiger partial charge >= 0.3 is 0 Å². The number of aromatic hydroxyl groups is 2. The molecular weight excluding hydrogens is 633 g/mol. The molecule has 0 bridgehead atoms. The van der Waals surface area contributed by atoms with Crippen molar-refractivity contribution in [2.45, 2.75) is 10.8 Å². The van der Waals surface area contributed by atoms with Crippen LogP contribution in [0, 0.1) is 0 Å². The number of hydrogen-bond donors (Lipinski definition) is 2. The maximum absolute atomic E-state index is 10.3. The van der Waals surface area contributed by atoms with E-state index in [9.17, 15) is 10.2 Å². The molecule has 10 rings (SSSR count). The molecule has 8 aromatic carbocycles. The molecule has 2 N–H and O–H groups in total. The van der Waals surface area contributed by atoms with E-state index in [1.165, 1.54) is 55.6 Å². The van der Waals surface area contributed by atoms with E-state index in [0.29, 0.717) is 0 Å². The second kappa shape index (κ2) is 11.4. The first kappa shape index (κ1) is 30.2. The largest absolute Gasteiger partial charge is 0.508 e. The van der Waals surface area contributed by atoms with Crippen LogP contribution in [0.15, 0.2) is 194 Å². The molecule has 52 heavy (non-hydrogen) atoms. The molecule has 0 aromatic heterocycles. The fourth-order valence-corrected chi connectivity index (χ4v) is 9.30. The lowest BCUT2D eigenvalue weighted by atomic mass is 9.67. The highest BCUT2D eigenvalue weighted by molar-refractivity contribution is 5.88. The second-order valence-corrected chi connectivity index (χ2v) is 13.9. The van der Waals surface area contributed by atoms with Gasteiger partial charge in [-0.15, -0.1) is 0 Å². The minimum Gasteiger partial charge on any atom is -0.508 e. The molecule has 0 aliphatic heterocycles. The van der Waals surface area contributed by atoms with Crippen LogP contribution < -0.4 is 0 Å². The summed E-state index contributed by atoms with van der Waals surface area (Å²) in [4.78, 5) is 0. The summed E-state index contributed by atoms with van der Waals surface area (Å²) in [5.41, 5.74) is 15.8. The summed E-state index contributed by atoms with van der Waals surface area (Å²) < 4.78 is 0. The Labute approximate surface area is 303 Å². The summed E-state index contributed by atoms with van der Waals surface area (Å²) in [6.07, 6.45) is 0. The third-order valence-electron chi connectivity index (χ3n) is 11.5. The van der Waals surface area contributed by atoms with Crippen molar-refractivity contribution in [3.8, 4) is 44.9 Å². The SMILES string of the molecule is Oc1ccc(C2(c3ccc(-c4ccc(C5(c6ccc(O)cc6)c6ccccc6-c6ccccc65)cc4)cc3)c3ccccc3-c3ccccc32)cc1. The van der Waals surface area contributed by atoms with Gasteiger partial charge in [0.25, 0.3) is 0 Å². The number of hydrogen-bond acceptors (Lipinski definition) is 2. The first-order chi connectivity index (χ1) is 25.6. The van der Waals surface area contributed by atoms with E-state index in [1.807, 2.05) is 0 Å². The summed E-state index contributed by atoms with van der Waals surface area (Å²) >= 11 is 0. The van der Waals surface area contributed by atoms with Crippen molar-refractivity contribution in [1.82, 2.24) is 0 Å². The van der Waals surface area contributed by atoms with Gasteiger partial charge in [0.05, 0.1) is 10.8 Å². The van der Waals surface area contributed by atoms with E-state index >= 15 is 0 Å². The summed E-state index contributed by atoms with van der Waals surface area (Å²) in [7, 11) is 0. The molecule has 0 saturated heterocycles. The number of rotatable bonds is 5. The molecule has 8 aromatic rings. The lowest BCUT2D eigenvalue weighted by Gasteiger charge is -2.34. The molecule has 0 amide bonds. The van der Waals surface area contributed by atoms with E-state index in [4.69, 9.17) is 0 Å². The first-order valence-corrected chi connectivity index (χ1v) is 17.8. The van der Waals surface area contributed by atoms with E-state index in [-0.39, 0.29) is 11.5 Å². The number of phenolic OH excluding ortho intramolecular Hbond substituents is 2. The van der Waals surface area contributed by atoms with E-state index < -0.39 is 10.8 Å². The molecule has 0 heterocycles. The Hall–Kier alpha value is -6.64. The molecule has 0 radical (unpaired) electrons. The summed E-state index contributed by atoms with van der Waals surface area (Å²) in [5.74, 6) is 0.517. The molecule has 2 heteroatoms. The van der Waals surface area contributed by atoms with Crippen LogP contribution in [0.1, 0.15) is 44.5 Å². The molecule has 246 valence electrons. The predicted molar refractivity (Wildman–Crippen MR) is 210 cm³/mol. The maximum atomic E-state index is 10.3. The Morgan fingerprint density at radius 2 is 0.481 bits per heavy atom. The average Bonchev–Trinajstić information content (AvgIpc) is 3.68. The van der Waals surface area contributed by atoms with Gasteiger partial charge in [-0.3, -0.25) is 0 Å². The fourth-order valence-electron chi connectivity index (χ4n) is 9.30. The molecule has 2 nitrogen and oxygen atoms in total. The maximum Gasteiger partial charge on any atom is 0.115 e. The Kier molecular flexibility index (Phi) is 6.65. The van der Waals surface area contributed by atoms with E-state index in [2.05, 4.69) is 170 Å². The summed E-state index contributed by atoms with van der Waals surface area (Å²) in [6.45, 7) is 0. The minimum absolute atomic E-state index is 0.258. The zero-order valence-electron chi connectivity index (χ0n) is 28.4. The van der Waals surface area contributed by atoms with Gasteiger partial charge in [-0.25, -0.2) is 0 Å². The molecule has 0 unspecified atom stereocenters. The van der Waals surface area contributed by atoms with Crippen molar-refractivity contribution in [2.24, 2.45) is 0 Å². The van der Waals surface area contributed by atoms with Gasteiger partial charge in [0, 0.05) is 0 Å². The Morgan fingerprint density at radius 1 is 0.250 bits per heavy atom. The highest BCUT2D eigenvalue weighted by Crippen LogP contribution is 2.58. The van der Waals surface area contributed by atoms with Gasteiger partial charge in [0.2, 0.25) is 0 Å². The lowest BCUT2D eigenvalue weighted by Crippen LogP contribution is -2.28. The van der Waals surface area contributed by atoms with Crippen LogP contribution in [0.4, 0.5) is 0 Å². The highest BCUT2D eigenvalue weighted by atomic mass is 16.3. The van der Waals surface area contributed by atoms with Gasteiger partial charge in [-0.2, -0.15) is 0 Å². The number of phenols is 2. The Morgan fingerprint density at radius 3 is 0.750 bits per heavy atom. The first-order valence-electron chi connectivity index (χ1n) is 17.8. The Balaban J connectivity index is 1.11. The van der Waals surface area contributed by atoms with Crippen molar-refractivity contribution in [2.75, 3.05) is 0 Å². The number of benzene rings is 8. The lowest BCUT2D eigenvalue weighted by molar-refractivity contribution is 0.474. The van der Waals surface area contributed by atoms with Gasteiger partial charge in [-0.1, -0.05) is 170 Å². The van der Waals surface area contributed by atoms with Gasteiger partial charge in [-0.05, 0) is 102 Å². The topological polar surface area (TPSA) is 40.5 Å². The molecule has 2 aliphatic rings. The molecular formula is C50H34O2. The summed E-state index contributed by atoms with van der Waals surface area (Å²) in [6, 6.07) is 68.3. The highest BCUT2D eigenvalue weighted by Gasteiger charge is 2.47. The van der Waals surface area contributed by atoms with Gasteiger partial charge < -0.3 is 10.2 Å². The minimum atomic E-state index is -0.525. The van der Waals surface area contributed by atoms with E-state index in [1.54, 1.807) is 24.3 Å². The van der Waals surface area contributed by atoms with Gasteiger partial charge in [0.15, 0.2) is 0 Å². The van der Waals surface area contributed by atoms with E-state index in [0.717, 1.165) is 22.3 Å². The zero-order chi connectivity index (χ0) is 34.9. The molecule has 0 spiro atoms. The van der Waals surface area contributed by atoms with Crippen molar-refractivity contribution in [3.63, 3.8) is 0 Å². The van der Waals surface area contributed by atoms with Crippen molar-refractivity contribution < 1.29 is 10.2 Å². The molecule has 0 fully saturated rings. The second-order valence-electron chi connectivity index (χ2n) is 13.9. The normalized spacial score (nSPS) is 14.2. The van der Waals surface area contributed by atoms with Crippen LogP contribution in [0.3, 0.4) is 0 Å². The van der Waals surface area contributed by atoms with Crippen LogP contribution in [0.5, 0.6) is 11.5 Å². The third kappa shape index (κ3) is 4.12. The number of fused-ring (bicyclic) bond motifs is 6. The molecule has 0 saturated carbocycles. The van der Waals surface area contributed by atoms with Crippen LogP contribution in [0.2, 0.25) is 0 Å². The van der Waals surface area contributed by atoms with Gasteiger partial charge in [0.1, 0.15) is 11.5 Å². The average molecular weight is 667 g/mol. The van der Waals surface area contributed by atoms with Crippen LogP contribution >= 0.6 is 0 Å². The fraction of sp³-hybridized carbons (Fsp3) is 0.0400. The Bertz CT molecular complexity index is 2340. The monoisotopic (exact) mass is 666 g/mol. The predicted octanol–water partition coefficient (Wildman–Crippen LogP) is 11.5. The third-order valence-corrected chi connectivity index (χ3v) is 11.5. The van der Waals surface area contributed by atoms with Crippen LogP contribution in [-0.2, 0) is 10.8 Å². The van der Waals surface area contributed by atoms with Crippen molar-refractivity contribution in [1.29, 1.82) is 0 Å². The molecule has 2 aliphatic carbocycles.